The summed E-state index contributed by atoms with van der Waals surface area (Å²) in [6.07, 6.45) is 1.57. The van der Waals surface area contributed by atoms with E-state index in [2.05, 4.69) is 10.3 Å². The Hall–Kier alpha value is -3.48. The second-order valence-corrected chi connectivity index (χ2v) is 6.75. The number of amides is 3. The molecule has 3 amide bonds. The number of fused-ring (bicyclic) bond motifs is 1. The molecule has 1 N–H and O–H groups in total. The van der Waals surface area contributed by atoms with E-state index in [-0.39, 0.29) is 6.54 Å². The van der Waals surface area contributed by atoms with Crippen molar-refractivity contribution in [3.8, 4) is 0 Å². The topological polar surface area (TPSA) is 92.5 Å². The van der Waals surface area contributed by atoms with Gasteiger partial charge in [0.25, 0.3) is 5.91 Å². The van der Waals surface area contributed by atoms with E-state index in [0.717, 1.165) is 10.5 Å². The maximum atomic E-state index is 13.0. The molecule has 3 aromatic rings. The molecule has 1 aliphatic heterocycles. The highest BCUT2D eigenvalue weighted by Gasteiger charge is 2.49. The Balaban J connectivity index is 1.74. The van der Waals surface area contributed by atoms with E-state index < -0.39 is 23.1 Å². The number of hydrogen-bond donors (Lipinski definition) is 1. The van der Waals surface area contributed by atoms with Crippen molar-refractivity contribution in [1.29, 1.82) is 0 Å². The van der Waals surface area contributed by atoms with Crippen LogP contribution in [0.25, 0.3) is 11.0 Å². The molecule has 1 saturated heterocycles. The van der Waals surface area contributed by atoms with Gasteiger partial charge in [-0.1, -0.05) is 18.2 Å². The minimum absolute atomic E-state index is 0.0295. The van der Waals surface area contributed by atoms with Crippen LogP contribution in [0, 0.1) is 6.92 Å². The smallest absolute Gasteiger partial charge is 0.336 e. The molecule has 27 heavy (non-hydrogen) atoms. The SMILES string of the molecule is Cc1ccc2c(CN3C(=O)NC(C)(c4ccccn4)C3=O)cc(=O)oc2c1. The van der Waals surface area contributed by atoms with Crippen molar-refractivity contribution in [1.82, 2.24) is 15.2 Å². The fraction of sp³-hybridized carbons (Fsp3) is 0.200. The Kier molecular flexibility index (Phi) is 3.80. The minimum Gasteiger partial charge on any atom is -0.423 e. The molecule has 1 aromatic carbocycles. The summed E-state index contributed by atoms with van der Waals surface area (Å²) in [4.78, 5) is 42.8. The van der Waals surface area contributed by atoms with E-state index in [1.807, 2.05) is 19.1 Å². The molecule has 3 heterocycles. The maximum absolute atomic E-state index is 13.0. The number of nitrogens with zero attached hydrogens (tertiary/aromatic N) is 2. The molecule has 0 saturated carbocycles. The summed E-state index contributed by atoms with van der Waals surface area (Å²) in [7, 11) is 0. The molecule has 0 aliphatic carbocycles. The van der Waals surface area contributed by atoms with Crippen molar-refractivity contribution >= 4 is 22.9 Å². The first-order chi connectivity index (χ1) is 12.9. The summed E-state index contributed by atoms with van der Waals surface area (Å²) in [6, 6.07) is 11.4. The van der Waals surface area contributed by atoms with Gasteiger partial charge in [-0.05, 0) is 43.2 Å². The lowest BCUT2D eigenvalue weighted by atomic mass is 9.97. The lowest BCUT2D eigenvalue weighted by molar-refractivity contribution is -0.131. The van der Waals surface area contributed by atoms with E-state index in [9.17, 15) is 14.4 Å². The molecule has 0 radical (unpaired) electrons. The monoisotopic (exact) mass is 363 g/mol. The summed E-state index contributed by atoms with van der Waals surface area (Å²) < 4.78 is 5.24. The van der Waals surface area contributed by atoms with Gasteiger partial charge in [0, 0.05) is 17.6 Å². The van der Waals surface area contributed by atoms with Crippen LogP contribution in [0.2, 0.25) is 0 Å². The standard InChI is InChI=1S/C20H17N3O4/c1-12-6-7-14-13(10-17(24)27-15(14)9-12)11-23-18(25)20(2,22-19(23)26)16-5-3-4-8-21-16/h3-10H,11H2,1-2H3,(H,22,26). The molecule has 7 nitrogen and oxygen atoms in total. The van der Waals surface area contributed by atoms with Gasteiger partial charge in [-0.15, -0.1) is 0 Å². The second-order valence-electron chi connectivity index (χ2n) is 6.75. The number of carbonyl (C=O) groups excluding carboxylic acids is 2. The summed E-state index contributed by atoms with van der Waals surface area (Å²) in [5, 5.41) is 3.40. The molecule has 1 aliphatic rings. The van der Waals surface area contributed by atoms with Crippen molar-refractivity contribution in [2.45, 2.75) is 25.9 Å². The van der Waals surface area contributed by atoms with Gasteiger partial charge in [0.1, 0.15) is 5.58 Å². The Bertz CT molecular complexity index is 1120. The average molecular weight is 363 g/mol. The van der Waals surface area contributed by atoms with Crippen LogP contribution in [0.5, 0.6) is 0 Å². The minimum atomic E-state index is -1.25. The number of pyridine rings is 1. The van der Waals surface area contributed by atoms with Crippen molar-refractivity contribution in [2.24, 2.45) is 0 Å². The third kappa shape index (κ3) is 2.77. The van der Waals surface area contributed by atoms with Crippen LogP contribution in [0.3, 0.4) is 0 Å². The van der Waals surface area contributed by atoms with Crippen molar-refractivity contribution in [2.75, 3.05) is 0 Å². The van der Waals surface area contributed by atoms with Gasteiger partial charge in [0.05, 0.1) is 12.2 Å². The summed E-state index contributed by atoms with van der Waals surface area (Å²) >= 11 is 0. The largest absolute Gasteiger partial charge is 0.423 e. The van der Waals surface area contributed by atoms with Gasteiger partial charge in [0.15, 0.2) is 5.54 Å². The van der Waals surface area contributed by atoms with E-state index >= 15 is 0 Å². The Labute approximate surface area is 154 Å². The molecule has 0 spiro atoms. The first-order valence-electron chi connectivity index (χ1n) is 8.47. The number of benzene rings is 1. The van der Waals surface area contributed by atoms with Crippen molar-refractivity contribution in [3.63, 3.8) is 0 Å². The molecule has 4 rings (SSSR count). The third-order valence-electron chi connectivity index (χ3n) is 4.77. The van der Waals surface area contributed by atoms with E-state index in [1.54, 1.807) is 37.4 Å². The number of nitrogens with one attached hydrogen (secondary N) is 1. The fourth-order valence-corrected chi connectivity index (χ4v) is 3.31. The summed E-state index contributed by atoms with van der Waals surface area (Å²) in [5.41, 5.74) is 0.610. The van der Waals surface area contributed by atoms with E-state index in [0.29, 0.717) is 22.2 Å². The van der Waals surface area contributed by atoms with Crippen LogP contribution in [-0.4, -0.2) is 21.8 Å². The van der Waals surface area contributed by atoms with Crippen LogP contribution in [0.1, 0.15) is 23.7 Å². The maximum Gasteiger partial charge on any atom is 0.336 e. The molecule has 7 heteroatoms. The first-order valence-corrected chi connectivity index (χ1v) is 8.47. The Morgan fingerprint density at radius 3 is 2.70 bits per heavy atom. The van der Waals surface area contributed by atoms with Crippen LogP contribution < -0.4 is 10.9 Å². The lowest BCUT2D eigenvalue weighted by Crippen LogP contribution is -2.41. The molecule has 1 unspecified atom stereocenters. The van der Waals surface area contributed by atoms with E-state index in [1.165, 1.54) is 6.07 Å². The number of rotatable bonds is 3. The summed E-state index contributed by atoms with van der Waals surface area (Å²) in [5.74, 6) is -0.417. The molecule has 0 bridgehead atoms. The van der Waals surface area contributed by atoms with E-state index in [4.69, 9.17) is 4.42 Å². The number of aromatic nitrogens is 1. The zero-order valence-corrected chi connectivity index (χ0v) is 14.9. The highest BCUT2D eigenvalue weighted by atomic mass is 16.4. The predicted molar refractivity (Wildman–Crippen MR) is 97.9 cm³/mol. The van der Waals surface area contributed by atoms with Crippen LogP contribution in [0.4, 0.5) is 4.79 Å². The number of hydrogen-bond acceptors (Lipinski definition) is 5. The van der Waals surface area contributed by atoms with Crippen LogP contribution in [-0.2, 0) is 16.9 Å². The number of urea groups is 1. The summed E-state index contributed by atoms with van der Waals surface area (Å²) in [6.45, 7) is 3.48. The van der Waals surface area contributed by atoms with Gasteiger partial charge < -0.3 is 9.73 Å². The quantitative estimate of drug-likeness (QED) is 0.570. The van der Waals surface area contributed by atoms with Gasteiger partial charge >= 0.3 is 11.7 Å². The van der Waals surface area contributed by atoms with Gasteiger partial charge in [-0.3, -0.25) is 14.7 Å². The van der Waals surface area contributed by atoms with Gasteiger partial charge in [-0.25, -0.2) is 9.59 Å². The zero-order chi connectivity index (χ0) is 19.2. The Morgan fingerprint density at radius 1 is 1.15 bits per heavy atom. The highest BCUT2D eigenvalue weighted by Crippen LogP contribution is 2.29. The molecular formula is C20H17N3O4. The number of imide groups is 1. The molecule has 2 aromatic heterocycles. The van der Waals surface area contributed by atoms with Gasteiger partial charge in [0.2, 0.25) is 0 Å². The Morgan fingerprint density at radius 2 is 1.96 bits per heavy atom. The predicted octanol–water partition coefficient (Wildman–Crippen LogP) is 2.46. The van der Waals surface area contributed by atoms with Crippen LogP contribution >= 0.6 is 0 Å². The van der Waals surface area contributed by atoms with Crippen molar-refractivity contribution < 1.29 is 14.0 Å². The normalized spacial score (nSPS) is 19.6. The fourth-order valence-electron chi connectivity index (χ4n) is 3.31. The molecule has 1 atom stereocenters. The lowest BCUT2D eigenvalue weighted by Gasteiger charge is -2.21. The first kappa shape index (κ1) is 17.0. The van der Waals surface area contributed by atoms with Crippen LogP contribution in [0.15, 0.2) is 57.9 Å². The molecular weight excluding hydrogens is 346 g/mol. The van der Waals surface area contributed by atoms with Gasteiger partial charge in [-0.2, -0.15) is 0 Å². The molecule has 136 valence electrons. The number of aryl methyl sites for hydroxylation is 1. The third-order valence-corrected chi connectivity index (χ3v) is 4.77. The molecule has 1 fully saturated rings. The zero-order valence-electron chi connectivity index (χ0n) is 14.9. The van der Waals surface area contributed by atoms with Crippen molar-refractivity contribution in [3.05, 3.63) is 75.9 Å². The second kappa shape index (κ2) is 6.05. The average Bonchev–Trinajstić information content (AvgIpc) is 2.86. The number of carbonyl (C=O) groups is 2. The highest BCUT2D eigenvalue weighted by molar-refractivity contribution is 6.07.